The number of rotatable bonds is 5. The van der Waals surface area contributed by atoms with Crippen LogP contribution >= 0.6 is 11.3 Å². The maximum Gasteiger partial charge on any atom is 0.279 e. The molecular formula is C22H23N3O4S2. The number of benzene rings is 2. The Morgan fingerprint density at radius 1 is 1.19 bits per heavy atom. The van der Waals surface area contributed by atoms with Crippen molar-refractivity contribution in [3.63, 3.8) is 0 Å². The molecule has 1 aliphatic heterocycles. The minimum Gasteiger partial charge on any atom is -0.379 e. The van der Waals surface area contributed by atoms with Crippen molar-refractivity contribution in [2.45, 2.75) is 18.4 Å². The Hall–Kier alpha value is -2.59. The molecule has 2 aromatic carbocycles. The number of nitrogens with zero attached hydrogens (tertiary/aromatic N) is 3. The molecule has 1 fully saturated rings. The molecule has 3 aromatic rings. The highest BCUT2D eigenvalue weighted by molar-refractivity contribution is 7.89. The van der Waals surface area contributed by atoms with Gasteiger partial charge in [-0.1, -0.05) is 23.5 Å². The van der Waals surface area contributed by atoms with Crippen LogP contribution in [-0.4, -0.2) is 49.5 Å². The maximum atomic E-state index is 12.8. The van der Waals surface area contributed by atoms with Crippen LogP contribution in [-0.2, 0) is 21.3 Å². The molecule has 1 aromatic heterocycles. The summed E-state index contributed by atoms with van der Waals surface area (Å²) in [5, 5.41) is 0. The summed E-state index contributed by atoms with van der Waals surface area (Å²) in [7, 11) is -3.60. The summed E-state index contributed by atoms with van der Waals surface area (Å²) in [5.41, 5.74) is 2.46. The fourth-order valence-electron chi connectivity index (χ4n) is 3.43. The number of ether oxygens (including phenoxy) is 1. The highest BCUT2D eigenvalue weighted by atomic mass is 32.2. The van der Waals surface area contributed by atoms with Crippen molar-refractivity contribution in [1.29, 1.82) is 0 Å². The number of hydrogen-bond acceptors (Lipinski definition) is 5. The minimum absolute atomic E-state index is 0.157. The number of sulfonamides is 1. The zero-order valence-corrected chi connectivity index (χ0v) is 18.8. The predicted molar refractivity (Wildman–Crippen MR) is 121 cm³/mol. The van der Waals surface area contributed by atoms with Gasteiger partial charge in [0.1, 0.15) is 0 Å². The van der Waals surface area contributed by atoms with Crippen LogP contribution in [0.3, 0.4) is 0 Å². The second kappa shape index (κ2) is 8.88. The molecule has 0 bridgehead atoms. The van der Waals surface area contributed by atoms with Gasteiger partial charge in [0, 0.05) is 25.2 Å². The van der Waals surface area contributed by atoms with Gasteiger partial charge in [-0.3, -0.25) is 4.79 Å². The molecule has 0 aliphatic carbocycles. The first-order chi connectivity index (χ1) is 14.9. The molecule has 7 nitrogen and oxygen atoms in total. The van der Waals surface area contributed by atoms with Gasteiger partial charge in [0.15, 0.2) is 4.80 Å². The van der Waals surface area contributed by atoms with Crippen LogP contribution in [0.5, 0.6) is 0 Å². The molecule has 162 valence electrons. The number of fused-ring (bicyclic) bond motifs is 1. The van der Waals surface area contributed by atoms with Gasteiger partial charge in [-0.2, -0.15) is 9.30 Å². The summed E-state index contributed by atoms with van der Waals surface area (Å²) in [6.07, 6.45) is 1.76. The number of carbonyl (C=O) groups is 1. The molecule has 31 heavy (non-hydrogen) atoms. The summed E-state index contributed by atoms with van der Waals surface area (Å²) >= 11 is 1.44. The van der Waals surface area contributed by atoms with Crippen LogP contribution in [0.25, 0.3) is 10.2 Å². The molecule has 0 unspecified atom stereocenters. The van der Waals surface area contributed by atoms with Crippen molar-refractivity contribution in [1.82, 2.24) is 8.87 Å². The van der Waals surface area contributed by atoms with E-state index in [0.29, 0.717) is 43.2 Å². The summed E-state index contributed by atoms with van der Waals surface area (Å²) in [6, 6.07) is 12.0. The lowest BCUT2D eigenvalue weighted by atomic mass is 10.2. The number of aromatic nitrogens is 1. The van der Waals surface area contributed by atoms with E-state index in [-0.39, 0.29) is 4.90 Å². The molecule has 1 saturated heterocycles. The lowest BCUT2D eigenvalue weighted by molar-refractivity contribution is 0.0730. The highest BCUT2D eigenvalue weighted by Gasteiger charge is 2.26. The fraction of sp³-hybridized carbons (Fsp3) is 0.273. The average molecular weight is 458 g/mol. The second-order valence-corrected chi connectivity index (χ2v) is 10.2. The number of morpholine rings is 1. The molecular weight excluding hydrogens is 434 g/mol. The van der Waals surface area contributed by atoms with Crippen LogP contribution in [0.4, 0.5) is 0 Å². The van der Waals surface area contributed by atoms with Crippen molar-refractivity contribution in [3.8, 4) is 0 Å². The Bertz CT molecular complexity index is 1300. The largest absolute Gasteiger partial charge is 0.379 e. The fourth-order valence-corrected chi connectivity index (χ4v) is 5.97. The van der Waals surface area contributed by atoms with E-state index < -0.39 is 15.9 Å². The van der Waals surface area contributed by atoms with E-state index in [9.17, 15) is 13.2 Å². The summed E-state index contributed by atoms with van der Waals surface area (Å²) < 4.78 is 35.1. The molecule has 0 atom stereocenters. The summed E-state index contributed by atoms with van der Waals surface area (Å²) in [5.74, 6) is -0.420. The predicted octanol–water partition coefficient (Wildman–Crippen LogP) is 2.96. The van der Waals surface area contributed by atoms with Crippen LogP contribution in [0.2, 0.25) is 0 Å². The molecule has 0 saturated carbocycles. The smallest absolute Gasteiger partial charge is 0.279 e. The van der Waals surface area contributed by atoms with Gasteiger partial charge in [-0.15, -0.1) is 6.58 Å². The van der Waals surface area contributed by atoms with Crippen molar-refractivity contribution in [3.05, 3.63) is 71.0 Å². The molecule has 4 rings (SSSR count). The van der Waals surface area contributed by atoms with E-state index in [2.05, 4.69) is 17.6 Å². The van der Waals surface area contributed by atoms with Crippen LogP contribution in [0.15, 0.2) is 65.0 Å². The van der Waals surface area contributed by atoms with Gasteiger partial charge in [0.2, 0.25) is 10.0 Å². The first-order valence-corrected chi connectivity index (χ1v) is 12.1. The third kappa shape index (κ3) is 4.40. The molecule has 2 heterocycles. The lowest BCUT2D eigenvalue weighted by Gasteiger charge is -2.26. The number of aryl methyl sites for hydroxylation is 1. The number of hydrogen-bond donors (Lipinski definition) is 0. The zero-order chi connectivity index (χ0) is 22.0. The van der Waals surface area contributed by atoms with Crippen LogP contribution in [0.1, 0.15) is 15.9 Å². The average Bonchev–Trinajstić information content (AvgIpc) is 3.10. The van der Waals surface area contributed by atoms with E-state index in [1.807, 2.05) is 23.6 Å². The number of allylic oxidation sites excluding steroid dienone is 1. The van der Waals surface area contributed by atoms with Gasteiger partial charge in [-0.25, -0.2) is 8.42 Å². The van der Waals surface area contributed by atoms with E-state index >= 15 is 0 Å². The SMILES string of the molecule is C=CCn1c(=NC(=O)c2ccc(S(=O)(=O)N3CCOCC3)cc2)sc2cc(C)ccc21. The number of amides is 1. The Balaban J connectivity index is 1.65. The van der Waals surface area contributed by atoms with Gasteiger partial charge < -0.3 is 9.30 Å². The summed E-state index contributed by atoms with van der Waals surface area (Å²) in [6.45, 7) is 7.77. The van der Waals surface area contributed by atoms with Gasteiger partial charge in [-0.05, 0) is 48.9 Å². The normalized spacial score (nSPS) is 16.0. The van der Waals surface area contributed by atoms with Gasteiger partial charge in [0.05, 0.1) is 28.3 Å². The maximum absolute atomic E-state index is 12.8. The Morgan fingerprint density at radius 2 is 1.90 bits per heavy atom. The molecule has 1 amide bonds. The topological polar surface area (TPSA) is 81.0 Å². The van der Waals surface area contributed by atoms with Gasteiger partial charge >= 0.3 is 0 Å². The van der Waals surface area contributed by atoms with Crippen molar-refractivity contribution in [2.24, 2.45) is 4.99 Å². The number of thiazole rings is 1. The third-order valence-electron chi connectivity index (χ3n) is 5.06. The van der Waals surface area contributed by atoms with E-state index in [4.69, 9.17) is 4.74 Å². The minimum atomic E-state index is -3.60. The monoisotopic (exact) mass is 457 g/mol. The molecule has 0 N–H and O–H groups in total. The lowest BCUT2D eigenvalue weighted by Crippen LogP contribution is -2.40. The molecule has 0 radical (unpaired) electrons. The van der Waals surface area contributed by atoms with Crippen LogP contribution in [0, 0.1) is 6.92 Å². The Labute approximate surface area is 185 Å². The van der Waals surface area contributed by atoms with E-state index in [1.165, 1.54) is 39.9 Å². The van der Waals surface area contributed by atoms with Crippen molar-refractivity contribution >= 4 is 37.5 Å². The van der Waals surface area contributed by atoms with Crippen LogP contribution < -0.4 is 4.80 Å². The first kappa shape index (κ1) is 21.6. The van der Waals surface area contributed by atoms with Crippen molar-refractivity contribution < 1.29 is 17.9 Å². The Kier molecular flexibility index (Phi) is 6.19. The van der Waals surface area contributed by atoms with E-state index in [1.54, 1.807) is 6.08 Å². The molecule has 1 aliphatic rings. The number of carbonyl (C=O) groups excluding carboxylic acids is 1. The third-order valence-corrected chi connectivity index (χ3v) is 8.01. The highest BCUT2D eigenvalue weighted by Crippen LogP contribution is 2.20. The zero-order valence-electron chi connectivity index (χ0n) is 17.2. The summed E-state index contributed by atoms with van der Waals surface area (Å²) in [4.78, 5) is 17.9. The Morgan fingerprint density at radius 3 is 2.58 bits per heavy atom. The van der Waals surface area contributed by atoms with Gasteiger partial charge in [0.25, 0.3) is 5.91 Å². The second-order valence-electron chi connectivity index (χ2n) is 7.21. The molecule has 9 heteroatoms. The van der Waals surface area contributed by atoms with Crippen molar-refractivity contribution in [2.75, 3.05) is 26.3 Å². The quantitative estimate of drug-likeness (QED) is 0.552. The van der Waals surface area contributed by atoms with E-state index in [0.717, 1.165) is 15.8 Å². The first-order valence-electron chi connectivity index (χ1n) is 9.88. The standard InChI is InChI=1S/C22H23N3O4S2/c1-3-10-25-19-9-4-16(2)15-20(19)30-22(25)23-21(26)17-5-7-18(8-6-17)31(27,28)24-11-13-29-14-12-24/h3-9,15H,1,10-14H2,2H3. The molecule has 0 spiro atoms.